The van der Waals surface area contributed by atoms with E-state index in [-0.39, 0.29) is 11.2 Å². The van der Waals surface area contributed by atoms with Crippen molar-refractivity contribution < 1.29 is 4.79 Å². The van der Waals surface area contributed by atoms with Crippen molar-refractivity contribution in [3.63, 3.8) is 0 Å². The van der Waals surface area contributed by atoms with E-state index in [1.165, 1.54) is 52.4 Å². The van der Waals surface area contributed by atoms with Crippen LogP contribution in [0.5, 0.6) is 0 Å². The molecule has 0 aliphatic heterocycles. The molecule has 0 saturated carbocycles. The van der Waals surface area contributed by atoms with Gasteiger partial charge >= 0.3 is 0 Å². The first-order valence-corrected chi connectivity index (χ1v) is 10.8. The molecule has 146 valence electrons. The van der Waals surface area contributed by atoms with Crippen LogP contribution < -0.4 is 0 Å². The summed E-state index contributed by atoms with van der Waals surface area (Å²) in [7, 11) is 0. The van der Waals surface area contributed by atoms with E-state index >= 15 is 0 Å². The molecule has 0 aromatic rings. The molecule has 1 aliphatic rings. The molecule has 0 bridgehead atoms. The van der Waals surface area contributed by atoms with Crippen LogP contribution in [-0.2, 0) is 4.79 Å². The number of rotatable bonds is 8. The smallest absolute Gasteiger partial charge is 0.166 e. The van der Waals surface area contributed by atoms with Gasteiger partial charge in [-0.25, -0.2) is 0 Å². The van der Waals surface area contributed by atoms with E-state index in [9.17, 15) is 4.79 Å². The van der Waals surface area contributed by atoms with Gasteiger partial charge in [-0.1, -0.05) is 91.0 Å². The van der Waals surface area contributed by atoms with Crippen LogP contribution in [0.3, 0.4) is 0 Å². The molecule has 1 aliphatic carbocycles. The van der Waals surface area contributed by atoms with E-state index in [0.29, 0.717) is 4.91 Å². The highest BCUT2D eigenvalue weighted by molar-refractivity contribution is 8.23. The number of carbonyl (C=O) groups is 1. The summed E-state index contributed by atoms with van der Waals surface area (Å²) >= 11 is 6.09. The van der Waals surface area contributed by atoms with Gasteiger partial charge in [-0.3, -0.25) is 4.79 Å². The minimum absolute atomic E-state index is 0.0326. The summed E-state index contributed by atoms with van der Waals surface area (Å²) in [6.45, 7) is 12.6. The lowest BCUT2D eigenvalue weighted by Gasteiger charge is -2.32. The zero-order valence-electron chi connectivity index (χ0n) is 17.5. The first kappa shape index (κ1) is 23.6. The molecule has 0 fully saturated rings. The average molecular weight is 401 g/mol. The van der Waals surface area contributed by atoms with Gasteiger partial charge in [-0.2, -0.15) is 0 Å². The molecule has 1 nitrogen and oxygen atoms in total. The minimum atomic E-state index is 0.0326. The van der Waals surface area contributed by atoms with E-state index in [1.54, 1.807) is 6.92 Å². The summed E-state index contributed by atoms with van der Waals surface area (Å²) in [5.74, 6) is 0.0326. The molecule has 27 heavy (non-hydrogen) atoms. The monoisotopic (exact) mass is 400 g/mol. The van der Waals surface area contributed by atoms with Crippen LogP contribution in [0.25, 0.3) is 0 Å². The van der Waals surface area contributed by atoms with Crippen molar-refractivity contribution in [3.8, 4) is 0 Å². The van der Waals surface area contributed by atoms with Crippen LogP contribution in [0.4, 0.5) is 0 Å². The Balaban J connectivity index is 2.81. The lowest BCUT2D eigenvalue weighted by molar-refractivity contribution is -0.112. The molecule has 0 aromatic heterocycles. The second-order valence-corrected chi connectivity index (χ2v) is 9.19. The molecule has 0 amide bonds. The lowest BCUT2D eigenvalue weighted by Crippen LogP contribution is -2.19. The van der Waals surface area contributed by atoms with Crippen molar-refractivity contribution in [1.29, 1.82) is 0 Å². The minimum Gasteiger partial charge on any atom is -0.294 e. The second-order valence-electron chi connectivity index (χ2n) is 7.75. The Morgan fingerprint density at radius 3 is 2.33 bits per heavy atom. The number of hydrogen-bond donors (Lipinski definition) is 0. The van der Waals surface area contributed by atoms with Gasteiger partial charge in [-0.05, 0) is 64.0 Å². The van der Waals surface area contributed by atoms with Crippen LogP contribution in [-0.4, -0.2) is 10.5 Å². The predicted molar refractivity (Wildman–Crippen MR) is 126 cm³/mol. The fourth-order valence-electron chi connectivity index (χ4n) is 3.19. The highest BCUT2D eigenvalue weighted by Crippen LogP contribution is 2.40. The normalized spacial score (nSPS) is 19.3. The van der Waals surface area contributed by atoms with Crippen LogP contribution in [0, 0.1) is 5.41 Å². The van der Waals surface area contributed by atoms with E-state index in [4.69, 9.17) is 12.2 Å². The molecule has 1 rings (SSSR count). The van der Waals surface area contributed by atoms with Crippen LogP contribution in [0.15, 0.2) is 69.7 Å². The van der Waals surface area contributed by atoms with Crippen molar-refractivity contribution in [2.24, 2.45) is 5.41 Å². The molecule has 0 spiro atoms. The van der Waals surface area contributed by atoms with Crippen molar-refractivity contribution >= 4 is 34.5 Å². The van der Waals surface area contributed by atoms with Crippen molar-refractivity contribution in [1.82, 2.24) is 0 Å². The predicted octanol–water partition coefficient (Wildman–Crippen LogP) is 7.68. The molecular formula is C24H32OS2. The summed E-state index contributed by atoms with van der Waals surface area (Å²) in [6, 6.07) is 0. The van der Waals surface area contributed by atoms with Gasteiger partial charge in [-0.15, -0.1) is 0 Å². The first-order valence-electron chi connectivity index (χ1n) is 9.40. The maximum atomic E-state index is 11.5. The standard InChI is InChI=1S/C24H32OS2/c1-18(12-14-22-20(3)11-8-16-24(22,5)6)9-7-10-19(2)13-15-23(21(4)25)27-17-26/h7,9-10,12-15,17H,8,11,16H2,1-6H3/b10-7+,14-12+,18-9+,19-13+,23-15+. The van der Waals surface area contributed by atoms with Crippen LogP contribution in [0.1, 0.15) is 60.8 Å². The summed E-state index contributed by atoms with van der Waals surface area (Å²) in [4.78, 5) is 12.2. The maximum Gasteiger partial charge on any atom is 0.166 e. The molecule has 0 aromatic carbocycles. The summed E-state index contributed by atoms with van der Waals surface area (Å²) in [6.07, 6.45) is 18.2. The second kappa shape index (κ2) is 11.4. The molecule has 0 unspecified atom stereocenters. The van der Waals surface area contributed by atoms with E-state index in [2.05, 4.69) is 45.9 Å². The van der Waals surface area contributed by atoms with Gasteiger partial charge in [0.1, 0.15) is 0 Å². The molecule has 0 radical (unpaired) electrons. The number of thiocarbonyl (C=S) groups is 1. The fraction of sp³-hybridized carbons (Fsp3) is 0.417. The highest BCUT2D eigenvalue weighted by Gasteiger charge is 2.26. The molecular weight excluding hydrogens is 368 g/mol. The molecule has 0 heterocycles. The largest absolute Gasteiger partial charge is 0.294 e. The molecule has 0 atom stereocenters. The topological polar surface area (TPSA) is 17.1 Å². The lowest BCUT2D eigenvalue weighted by atomic mass is 9.72. The SMILES string of the molecule is CC(=O)\C(=C/C=C(C)/C=C/C=C(C)/C=C/C1=C(C)CCCC1(C)C)SC=S. The van der Waals surface area contributed by atoms with Gasteiger partial charge in [0.15, 0.2) is 5.78 Å². The average Bonchev–Trinajstić information content (AvgIpc) is 2.57. The van der Waals surface area contributed by atoms with Crippen molar-refractivity contribution in [2.75, 3.05) is 0 Å². The summed E-state index contributed by atoms with van der Waals surface area (Å²) in [5.41, 5.74) is 5.58. The van der Waals surface area contributed by atoms with E-state index in [1.807, 2.05) is 31.2 Å². The quantitative estimate of drug-likeness (QED) is 0.236. The third-order valence-corrected chi connectivity index (χ3v) is 5.86. The highest BCUT2D eigenvalue weighted by atomic mass is 32.2. The van der Waals surface area contributed by atoms with Gasteiger partial charge in [0.25, 0.3) is 0 Å². The van der Waals surface area contributed by atoms with E-state index < -0.39 is 0 Å². The number of allylic oxidation sites excluding steroid dienone is 12. The Hall–Kier alpha value is -1.45. The van der Waals surface area contributed by atoms with E-state index in [0.717, 1.165) is 5.57 Å². The van der Waals surface area contributed by atoms with Gasteiger partial charge < -0.3 is 0 Å². The zero-order valence-corrected chi connectivity index (χ0v) is 19.1. The molecule has 0 saturated heterocycles. The number of thioether (sulfide) groups is 1. The fourth-order valence-corrected chi connectivity index (χ4v) is 3.91. The van der Waals surface area contributed by atoms with Gasteiger partial charge in [0, 0.05) is 4.70 Å². The molecule has 0 N–H and O–H groups in total. The Morgan fingerprint density at radius 2 is 1.74 bits per heavy atom. The van der Waals surface area contributed by atoms with Crippen molar-refractivity contribution in [2.45, 2.75) is 60.8 Å². The summed E-state index contributed by atoms with van der Waals surface area (Å²) in [5, 5.41) is 0. The zero-order chi connectivity index (χ0) is 20.4. The Labute approximate surface area is 175 Å². The Morgan fingerprint density at radius 1 is 1.07 bits per heavy atom. The Bertz CT molecular complexity index is 740. The number of ketones is 1. The number of hydrogen-bond acceptors (Lipinski definition) is 3. The molecule has 3 heteroatoms. The maximum absolute atomic E-state index is 11.5. The van der Waals surface area contributed by atoms with Crippen molar-refractivity contribution in [3.05, 3.63) is 69.7 Å². The number of Topliss-reactive ketones (excluding diaryl/α,β-unsaturated/α-hetero) is 1. The Kier molecular flexibility index (Phi) is 9.97. The van der Waals surface area contributed by atoms with Crippen LogP contribution in [0.2, 0.25) is 0 Å². The first-order chi connectivity index (χ1) is 12.7. The number of carbonyl (C=O) groups excluding carboxylic acids is 1. The van der Waals surface area contributed by atoms with Gasteiger partial charge in [0.05, 0.1) is 4.91 Å². The summed E-state index contributed by atoms with van der Waals surface area (Å²) < 4.78 is 1.51. The third-order valence-electron chi connectivity index (χ3n) is 4.79. The van der Waals surface area contributed by atoms with Crippen LogP contribution >= 0.6 is 24.0 Å². The third kappa shape index (κ3) is 8.40. The van der Waals surface area contributed by atoms with Gasteiger partial charge in [0.2, 0.25) is 0 Å².